The highest BCUT2D eigenvalue weighted by Gasteiger charge is 2.26. The Morgan fingerprint density at radius 1 is 1.12 bits per heavy atom. The minimum atomic E-state index is 0.0704. The van der Waals surface area contributed by atoms with Gasteiger partial charge in [0.05, 0.1) is 5.52 Å². The average molecular weight is 318 g/mol. The summed E-state index contributed by atoms with van der Waals surface area (Å²) in [7, 11) is 0. The van der Waals surface area contributed by atoms with Crippen LogP contribution in [0.1, 0.15) is 34.8 Å². The maximum Gasteiger partial charge on any atom is 0.253 e. The number of carbonyl (C=O) groups is 1. The van der Waals surface area contributed by atoms with Gasteiger partial charge in [0, 0.05) is 60.4 Å². The van der Waals surface area contributed by atoms with Gasteiger partial charge in [0.15, 0.2) is 0 Å². The number of piperidine rings is 1. The molecule has 0 spiro atoms. The number of fused-ring (bicyclic) bond motifs is 1. The summed E-state index contributed by atoms with van der Waals surface area (Å²) in [6, 6.07) is 9.52. The fourth-order valence-electron chi connectivity index (χ4n) is 3.28. The van der Waals surface area contributed by atoms with Crippen molar-refractivity contribution < 1.29 is 4.79 Å². The summed E-state index contributed by atoms with van der Waals surface area (Å²) >= 11 is 0. The lowest BCUT2D eigenvalue weighted by Gasteiger charge is -2.32. The molecule has 5 heteroatoms. The second kappa shape index (κ2) is 6.35. The third kappa shape index (κ3) is 2.85. The number of hydrogen-bond donors (Lipinski definition) is 0. The lowest BCUT2D eigenvalue weighted by atomic mass is 9.93. The fourth-order valence-corrected chi connectivity index (χ4v) is 3.28. The zero-order chi connectivity index (χ0) is 16.4. The van der Waals surface area contributed by atoms with Crippen LogP contribution in [0, 0.1) is 0 Å². The molecule has 1 saturated heterocycles. The van der Waals surface area contributed by atoms with Crippen LogP contribution in [-0.4, -0.2) is 38.8 Å². The van der Waals surface area contributed by atoms with Crippen LogP contribution in [-0.2, 0) is 0 Å². The lowest BCUT2D eigenvalue weighted by Crippen LogP contribution is -2.39. The van der Waals surface area contributed by atoms with Crippen LogP contribution in [0.2, 0.25) is 0 Å². The third-order valence-corrected chi connectivity index (χ3v) is 4.56. The molecule has 120 valence electrons. The van der Waals surface area contributed by atoms with Crippen molar-refractivity contribution in [1.29, 1.82) is 0 Å². The molecule has 1 aliphatic rings. The van der Waals surface area contributed by atoms with Crippen LogP contribution in [0.25, 0.3) is 10.9 Å². The normalized spacial score (nSPS) is 17.8. The first-order valence-electron chi connectivity index (χ1n) is 8.21. The van der Waals surface area contributed by atoms with Gasteiger partial charge in [-0.25, -0.2) is 0 Å². The van der Waals surface area contributed by atoms with Gasteiger partial charge in [-0.15, -0.1) is 0 Å². The van der Waals surface area contributed by atoms with Crippen LogP contribution < -0.4 is 0 Å². The Morgan fingerprint density at radius 2 is 2.00 bits per heavy atom. The predicted molar refractivity (Wildman–Crippen MR) is 91.7 cm³/mol. The van der Waals surface area contributed by atoms with Gasteiger partial charge in [0.25, 0.3) is 5.91 Å². The van der Waals surface area contributed by atoms with Gasteiger partial charge >= 0.3 is 0 Å². The van der Waals surface area contributed by atoms with Crippen molar-refractivity contribution in [3.05, 3.63) is 66.4 Å². The first-order valence-corrected chi connectivity index (χ1v) is 8.21. The summed E-state index contributed by atoms with van der Waals surface area (Å²) in [4.78, 5) is 27.6. The SMILES string of the molecule is O=C(c1ccncc1)N1CCC[C@@H](c2cc3ncccc3cn2)C1. The van der Waals surface area contributed by atoms with Gasteiger partial charge in [-0.05, 0) is 43.2 Å². The van der Waals surface area contributed by atoms with E-state index in [1.807, 2.05) is 23.2 Å². The molecule has 4 rings (SSSR count). The smallest absolute Gasteiger partial charge is 0.253 e. The molecule has 5 nitrogen and oxygen atoms in total. The van der Waals surface area contributed by atoms with Gasteiger partial charge in [0.1, 0.15) is 0 Å². The predicted octanol–water partition coefficient (Wildman–Crippen LogP) is 3.04. The topological polar surface area (TPSA) is 59.0 Å². The summed E-state index contributed by atoms with van der Waals surface area (Å²) < 4.78 is 0. The molecular formula is C19H18N4O. The maximum atomic E-state index is 12.7. The fraction of sp³-hybridized carbons (Fsp3) is 0.263. The molecule has 4 heterocycles. The highest BCUT2D eigenvalue weighted by molar-refractivity contribution is 5.94. The minimum absolute atomic E-state index is 0.0704. The summed E-state index contributed by atoms with van der Waals surface area (Å²) in [5.74, 6) is 0.331. The second-order valence-electron chi connectivity index (χ2n) is 6.13. The molecule has 0 aromatic carbocycles. The Bertz CT molecular complexity index is 865. The zero-order valence-corrected chi connectivity index (χ0v) is 13.3. The van der Waals surface area contributed by atoms with E-state index in [1.165, 1.54) is 0 Å². The van der Waals surface area contributed by atoms with Gasteiger partial charge in [-0.3, -0.25) is 19.7 Å². The Kier molecular flexibility index (Phi) is 3.91. The quantitative estimate of drug-likeness (QED) is 0.728. The van der Waals surface area contributed by atoms with E-state index in [2.05, 4.69) is 21.0 Å². The molecule has 0 aliphatic carbocycles. The maximum absolute atomic E-state index is 12.7. The first-order chi connectivity index (χ1) is 11.8. The zero-order valence-electron chi connectivity index (χ0n) is 13.3. The summed E-state index contributed by atoms with van der Waals surface area (Å²) in [5.41, 5.74) is 2.67. The van der Waals surface area contributed by atoms with Crippen molar-refractivity contribution >= 4 is 16.8 Å². The number of nitrogens with zero attached hydrogens (tertiary/aromatic N) is 4. The van der Waals surface area contributed by atoms with E-state index in [0.29, 0.717) is 12.1 Å². The molecule has 0 unspecified atom stereocenters. The molecule has 0 bridgehead atoms. The van der Waals surface area contributed by atoms with Crippen LogP contribution >= 0.6 is 0 Å². The molecule has 0 radical (unpaired) electrons. The van der Waals surface area contributed by atoms with E-state index in [0.717, 1.165) is 36.0 Å². The largest absolute Gasteiger partial charge is 0.338 e. The van der Waals surface area contributed by atoms with Crippen molar-refractivity contribution in [2.45, 2.75) is 18.8 Å². The number of pyridine rings is 3. The molecule has 0 saturated carbocycles. The number of amides is 1. The van der Waals surface area contributed by atoms with Crippen molar-refractivity contribution in [3.63, 3.8) is 0 Å². The third-order valence-electron chi connectivity index (χ3n) is 4.56. The van der Waals surface area contributed by atoms with Crippen molar-refractivity contribution in [2.24, 2.45) is 0 Å². The first kappa shape index (κ1) is 14.8. The number of rotatable bonds is 2. The van der Waals surface area contributed by atoms with Gasteiger partial charge in [-0.1, -0.05) is 0 Å². The van der Waals surface area contributed by atoms with Gasteiger partial charge in [-0.2, -0.15) is 0 Å². The van der Waals surface area contributed by atoms with E-state index in [-0.39, 0.29) is 11.8 Å². The van der Waals surface area contributed by atoms with E-state index in [4.69, 9.17) is 0 Å². The molecular weight excluding hydrogens is 300 g/mol. The molecule has 3 aromatic rings. The minimum Gasteiger partial charge on any atom is -0.338 e. The van der Waals surface area contributed by atoms with Crippen LogP contribution in [0.15, 0.2) is 55.1 Å². The summed E-state index contributed by atoms with van der Waals surface area (Å²) in [6.07, 6.45) is 9.03. The molecule has 1 fully saturated rings. The Morgan fingerprint density at radius 3 is 2.88 bits per heavy atom. The Labute approximate surface area is 140 Å². The van der Waals surface area contributed by atoms with E-state index in [9.17, 15) is 4.79 Å². The van der Waals surface area contributed by atoms with Crippen LogP contribution in [0.5, 0.6) is 0 Å². The van der Waals surface area contributed by atoms with Crippen molar-refractivity contribution in [2.75, 3.05) is 13.1 Å². The number of aromatic nitrogens is 3. The van der Waals surface area contributed by atoms with E-state index >= 15 is 0 Å². The van der Waals surface area contributed by atoms with Crippen LogP contribution in [0.3, 0.4) is 0 Å². The molecule has 1 atom stereocenters. The summed E-state index contributed by atoms with van der Waals surface area (Å²) in [5, 5.41) is 1.04. The van der Waals surface area contributed by atoms with Crippen LogP contribution in [0.4, 0.5) is 0 Å². The monoisotopic (exact) mass is 318 g/mol. The molecule has 24 heavy (non-hydrogen) atoms. The van der Waals surface area contributed by atoms with Crippen molar-refractivity contribution in [1.82, 2.24) is 19.9 Å². The number of carbonyl (C=O) groups excluding carboxylic acids is 1. The summed E-state index contributed by atoms with van der Waals surface area (Å²) in [6.45, 7) is 1.50. The lowest BCUT2D eigenvalue weighted by molar-refractivity contribution is 0.0706. The Hall–Kier alpha value is -2.82. The number of hydrogen-bond acceptors (Lipinski definition) is 4. The highest BCUT2D eigenvalue weighted by Crippen LogP contribution is 2.27. The van der Waals surface area contributed by atoms with E-state index in [1.54, 1.807) is 30.7 Å². The number of likely N-dealkylation sites (tertiary alicyclic amines) is 1. The molecule has 3 aromatic heterocycles. The Balaban J connectivity index is 1.56. The second-order valence-corrected chi connectivity index (χ2v) is 6.13. The van der Waals surface area contributed by atoms with Gasteiger partial charge in [0.2, 0.25) is 0 Å². The van der Waals surface area contributed by atoms with Gasteiger partial charge < -0.3 is 4.90 Å². The standard InChI is InChI=1S/C19H18N4O/c24-19(14-5-8-20-9-6-14)23-10-2-4-16(13-23)18-11-17-15(12-22-18)3-1-7-21-17/h1,3,5-9,11-12,16H,2,4,10,13H2/t16-/m1/s1. The van der Waals surface area contributed by atoms with E-state index < -0.39 is 0 Å². The molecule has 0 N–H and O–H groups in total. The molecule has 1 aliphatic heterocycles. The van der Waals surface area contributed by atoms with Crippen molar-refractivity contribution in [3.8, 4) is 0 Å². The molecule has 1 amide bonds. The average Bonchev–Trinajstić information content (AvgIpc) is 2.68. The highest BCUT2D eigenvalue weighted by atomic mass is 16.2.